The van der Waals surface area contributed by atoms with Gasteiger partial charge >= 0.3 is 5.97 Å². The van der Waals surface area contributed by atoms with Gasteiger partial charge < -0.3 is 9.64 Å². The SMILES string of the molecule is CC1C(OC(=O)C2CCCCC2)CCN(C)C1(C)C. The van der Waals surface area contributed by atoms with E-state index in [9.17, 15) is 4.79 Å². The van der Waals surface area contributed by atoms with E-state index in [4.69, 9.17) is 4.74 Å². The first-order valence-corrected chi connectivity index (χ1v) is 7.84. The molecule has 0 aromatic rings. The van der Waals surface area contributed by atoms with Crippen molar-refractivity contribution in [3.8, 4) is 0 Å². The molecule has 3 nitrogen and oxygen atoms in total. The average molecular weight is 267 g/mol. The molecule has 2 unspecified atom stereocenters. The van der Waals surface area contributed by atoms with Gasteiger partial charge in [-0.1, -0.05) is 26.2 Å². The average Bonchev–Trinajstić information content (AvgIpc) is 2.41. The second-order valence-corrected chi connectivity index (χ2v) is 6.96. The number of hydrogen-bond acceptors (Lipinski definition) is 3. The fraction of sp³-hybridized carbons (Fsp3) is 0.938. The fourth-order valence-corrected chi connectivity index (χ4v) is 3.41. The van der Waals surface area contributed by atoms with Gasteiger partial charge in [-0.05, 0) is 40.2 Å². The van der Waals surface area contributed by atoms with Gasteiger partial charge in [0, 0.05) is 18.0 Å². The molecule has 110 valence electrons. The van der Waals surface area contributed by atoms with Crippen LogP contribution in [0.5, 0.6) is 0 Å². The molecular weight excluding hydrogens is 238 g/mol. The molecular formula is C16H29NO2. The summed E-state index contributed by atoms with van der Waals surface area (Å²) < 4.78 is 5.86. The first-order chi connectivity index (χ1) is 8.93. The number of likely N-dealkylation sites (tertiary alicyclic amines) is 1. The predicted octanol–water partition coefficient (Wildman–Crippen LogP) is 3.23. The molecule has 0 N–H and O–H groups in total. The maximum atomic E-state index is 12.3. The summed E-state index contributed by atoms with van der Waals surface area (Å²) >= 11 is 0. The summed E-state index contributed by atoms with van der Waals surface area (Å²) in [6.07, 6.45) is 6.79. The van der Waals surface area contributed by atoms with Gasteiger partial charge in [-0.25, -0.2) is 0 Å². The molecule has 0 aromatic heterocycles. The highest BCUT2D eigenvalue weighted by atomic mass is 16.5. The molecule has 19 heavy (non-hydrogen) atoms. The maximum absolute atomic E-state index is 12.3. The number of carbonyl (C=O) groups excluding carboxylic acids is 1. The fourth-order valence-electron chi connectivity index (χ4n) is 3.41. The second kappa shape index (κ2) is 5.82. The largest absolute Gasteiger partial charge is 0.462 e. The number of rotatable bonds is 2. The minimum atomic E-state index is 0.0666. The van der Waals surface area contributed by atoms with E-state index in [0.29, 0.717) is 5.92 Å². The summed E-state index contributed by atoms with van der Waals surface area (Å²) in [5.41, 5.74) is 0.107. The molecule has 0 spiro atoms. The third-order valence-electron chi connectivity index (χ3n) is 5.61. The lowest BCUT2D eigenvalue weighted by atomic mass is 9.78. The molecule has 1 aliphatic carbocycles. The van der Waals surface area contributed by atoms with E-state index in [1.165, 1.54) is 19.3 Å². The monoisotopic (exact) mass is 267 g/mol. The number of piperidine rings is 1. The molecule has 2 rings (SSSR count). The lowest BCUT2D eigenvalue weighted by Gasteiger charge is -2.48. The Morgan fingerprint density at radius 3 is 2.42 bits per heavy atom. The maximum Gasteiger partial charge on any atom is 0.309 e. The van der Waals surface area contributed by atoms with E-state index in [1.807, 2.05) is 0 Å². The Kier molecular flexibility index (Phi) is 4.54. The zero-order valence-electron chi connectivity index (χ0n) is 12.9. The third-order valence-corrected chi connectivity index (χ3v) is 5.61. The van der Waals surface area contributed by atoms with Crippen LogP contribution in [0.3, 0.4) is 0 Å². The van der Waals surface area contributed by atoms with Crippen molar-refractivity contribution in [2.45, 2.75) is 70.9 Å². The molecule has 2 fully saturated rings. The van der Waals surface area contributed by atoms with E-state index in [-0.39, 0.29) is 23.5 Å². The van der Waals surface area contributed by atoms with Gasteiger partial charge in [0.25, 0.3) is 0 Å². The van der Waals surface area contributed by atoms with Gasteiger partial charge in [0.2, 0.25) is 0 Å². The highest BCUT2D eigenvalue weighted by Gasteiger charge is 2.41. The predicted molar refractivity (Wildman–Crippen MR) is 76.9 cm³/mol. The van der Waals surface area contributed by atoms with Crippen LogP contribution in [0.15, 0.2) is 0 Å². The Morgan fingerprint density at radius 1 is 1.16 bits per heavy atom. The zero-order valence-corrected chi connectivity index (χ0v) is 12.9. The molecule has 0 radical (unpaired) electrons. The first kappa shape index (κ1) is 14.8. The van der Waals surface area contributed by atoms with E-state index >= 15 is 0 Å². The Balaban J connectivity index is 1.93. The summed E-state index contributed by atoms with van der Waals surface area (Å²) in [6, 6.07) is 0. The first-order valence-electron chi connectivity index (χ1n) is 7.84. The van der Waals surface area contributed by atoms with Crippen molar-refractivity contribution in [3.63, 3.8) is 0 Å². The van der Waals surface area contributed by atoms with Crippen LogP contribution in [0, 0.1) is 11.8 Å². The summed E-state index contributed by atoms with van der Waals surface area (Å²) in [5, 5.41) is 0. The summed E-state index contributed by atoms with van der Waals surface area (Å²) in [4.78, 5) is 14.6. The van der Waals surface area contributed by atoms with Gasteiger partial charge in [-0.2, -0.15) is 0 Å². The molecule has 2 atom stereocenters. The zero-order chi connectivity index (χ0) is 14.0. The van der Waals surface area contributed by atoms with Crippen molar-refractivity contribution in [1.29, 1.82) is 0 Å². The molecule has 2 aliphatic rings. The smallest absolute Gasteiger partial charge is 0.309 e. The molecule has 0 aromatic carbocycles. The molecule has 1 saturated carbocycles. The molecule has 1 saturated heterocycles. The topological polar surface area (TPSA) is 29.5 Å². The van der Waals surface area contributed by atoms with E-state index in [2.05, 4.69) is 32.7 Å². The van der Waals surface area contributed by atoms with Crippen LogP contribution in [-0.4, -0.2) is 36.1 Å². The summed E-state index contributed by atoms with van der Waals surface area (Å²) in [7, 11) is 2.16. The normalized spacial score (nSPS) is 33.1. The van der Waals surface area contributed by atoms with Gasteiger partial charge in [-0.15, -0.1) is 0 Å². The highest BCUT2D eigenvalue weighted by molar-refractivity contribution is 5.72. The lowest BCUT2D eigenvalue weighted by molar-refractivity contribution is -0.165. The van der Waals surface area contributed by atoms with Crippen molar-refractivity contribution < 1.29 is 9.53 Å². The van der Waals surface area contributed by atoms with Gasteiger partial charge in [0.1, 0.15) is 6.10 Å². The Hall–Kier alpha value is -0.570. The Labute approximate surface area is 117 Å². The second-order valence-electron chi connectivity index (χ2n) is 6.96. The van der Waals surface area contributed by atoms with Crippen LogP contribution < -0.4 is 0 Å². The van der Waals surface area contributed by atoms with Gasteiger partial charge in [-0.3, -0.25) is 4.79 Å². The highest BCUT2D eigenvalue weighted by Crippen LogP contribution is 2.35. The molecule has 0 amide bonds. The van der Waals surface area contributed by atoms with Crippen LogP contribution in [0.2, 0.25) is 0 Å². The molecule has 1 heterocycles. The molecule has 1 aliphatic heterocycles. The van der Waals surface area contributed by atoms with Crippen molar-refractivity contribution in [3.05, 3.63) is 0 Å². The lowest BCUT2D eigenvalue weighted by Crippen LogP contribution is -2.56. The van der Waals surface area contributed by atoms with E-state index in [1.54, 1.807) is 0 Å². The van der Waals surface area contributed by atoms with Crippen LogP contribution >= 0.6 is 0 Å². The third kappa shape index (κ3) is 3.13. The van der Waals surface area contributed by atoms with Crippen molar-refractivity contribution in [1.82, 2.24) is 4.90 Å². The molecule has 0 bridgehead atoms. The minimum absolute atomic E-state index is 0.0666. The van der Waals surface area contributed by atoms with Gasteiger partial charge in [0.05, 0.1) is 5.92 Å². The van der Waals surface area contributed by atoms with Crippen molar-refractivity contribution >= 4 is 5.97 Å². The van der Waals surface area contributed by atoms with Crippen LogP contribution in [0.1, 0.15) is 59.3 Å². The van der Waals surface area contributed by atoms with Crippen molar-refractivity contribution in [2.24, 2.45) is 11.8 Å². The summed E-state index contributed by atoms with van der Waals surface area (Å²) in [6.45, 7) is 7.73. The number of esters is 1. The Bertz CT molecular complexity index is 321. The Morgan fingerprint density at radius 2 is 1.79 bits per heavy atom. The summed E-state index contributed by atoms with van der Waals surface area (Å²) in [5.74, 6) is 0.624. The van der Waals surface area contributed by atoms with Crippen LogP contribution in [0.25, 0.3) is 0 Å². The minimum Gasteiger partial charge on any atom is -0.462 e. The number of hydrogen-bond donors (Lipinski definition) is 0. The number of ether oxygens (including phenoxy) is 1. The number of carbonyl (C=O) groups is 1. The van der Waals surface area contributed by atoms with E-state index in [0.717, 1.165) is 25.8 Å². The standard InChI is InChI=1S/C16H29NO2/c1-12-14(10-11-17(4)16(12,2)3)19-15(18)13-8-6-5-7-9-13/h12-14H,5-11H2,1-4H3. The van der Waals surface area contributed by atoms with Gasteiger partial charge in [0.15, 0.2) is 0 Å². The van der Waals surface area contributed by atoms with Crippen LogP contribution in [0.4, 0.5) is 0 Å². The van der Waals surface area contributed by atoms with Crippen molar-refractivity contribution in [2.75, 3.05) is 13.6 Å². The quantitative estimate of drug-likeness (QED) is 0.719. The number of nitrogens with zero attached hydrogens (tertiary/aromatic N) is 1. The van der Waals surface area contributed by atoms with E-state index < -0.39 is 0 Å². The molecule has 3 heteroatoms. The van der Waals surface area contributed by atoms with Crippen LogP contribution in [-0.2, 0) is 9.53 Å².